The maximum Gasteiger partial charge on any atom is 0.117 e. The van der Waals surface area contributed by atoms with Crippen LogP contribution in [-0.2, 0) is 0 Å². The largest absolute Gasteiger partial charge is 0.264 e. The Hall–Kier alpha value is -1.56. The van der Waals surface area contributed by atoms with Crippen molar-refractivity contribution in [1.82, 2.24) is 15.0 Å². The van der Waals surface area contributed by atoms with E-state index in [-0.39, 0.29) is 0 Å². The van der Waals surface area contributed by atoms with Crippen LogP contribution in [0.25, 0.3) is 22.0 Å². The van der Waals surface area contributed by atoms with Crippen molar-refractivity contribution < 1.29 is 0 Å². The Kier molecular flexibility index (Phi) is 2.72. The fourth-order valence-corrected chi connectivity index (χ4v) is 2.25. The van der Waals surface area contributed by atoms with E-state index in [9.17, 15) is 0 Å². The number of benzene rings is 1. The fraction of sp³-hybridized carbons (Fsp3) is 0. The summed E-state index contributed by atoms with van der Waals surface area (Å²) in [5, 5.41) is 2.29. The highest BCUT2D eigenvalue weighted by Crippen LogP contribution is 2.26. The summed E-state index contributed by atoms with van der Waals surface area (Å²) >= 11 is 2.19. The van der Waals surface area contributed by atoms with E-state index >= 15 is 0 Å². The van der Waals surface area contributed by atoms with Gasteiger partial charge in [0.1, 0.15) is 10.0 Å². The first-order valence-electron chi connectivity index (χ1n) is 5.15. The Labute approximate surface area is 112 Å². The summed E-state index contributed by atoms with van der Waals surface area (Å²) in [7, 11) is 0. The predicted molar refractivity (Wildman–Crippen MR) is 75.5 cm³/mol. The topological polar surface area (TPSA) is 38.7 Å². The van der Waals surface area contributed by atoms with Crippen molar-refractivity contribution in [3.8, 4) is 11.3 Å². The molecule has 0 aliphatic heterocycles. The molecule has 3 rings (SSSR count). The number of nitrogens with zero attached hydrogens (tertiary/aromatic N) is 3. The van der Waals surface area contributed by atoms with Gasteiger partial charge in [0.2, 0.25) is 0 Å². The van der Waals surface area contributed by atoms with Gasteiger partial charge in [-0.3, -0.25) is 4.98 Å². The molecule has 0 unspecified atom stereocenters. The van der Waals surface area contributed by atoms with Gasteiger partial charge in [-0.1, -0.05) is 18.2 Å². The van der Waals surface area contributed by atoms with Gasteiger partial charge in [-0.05, 0) is 40.1 Å². The van der Waals surface area contributed by atoms with E-state index in [0.717, 1.165) is 25.7 Å². The summed E-state index contributed by atoms with van der Waals surface area (Å²) in [5.74, 6) is 0. The molecule has 3 aromatic rings. The molecular weight excluding hydrogens is 325 g/mol. The Morgan fingerprint density at radius 1 is 1.06 bits per heavy atom. The summed E-state index contributed by atoms with van der Waals surface area (Å²) in [4.78, 5) is 12.6. The highest BCUT2D eigenvalue weighted by molar-refractivity contribution is 14.1. The lowest BCUT2D eigenvalue weighted by molar-refractivity contribution is 1.14. The van der Waals surface area contributed by atoms with E-state index in [1.54, 1.807) is 12.5 Å². The Morgan fingerprint density at radius 3 is 2.88 bits per heavy atom. The van der Waals surface area contributed by atoms with E-state index in [2.05, 4.69) is 49.7 Å². The van der Waals surface area contributed by atoms with Gasteiger partial charge in [0.15, 0.2) is 0 Å². The predicted octanol–water partition coefficient (Wildman–Crippen LogP) is 3.30. The number of hydrogen-bond donors (Lipinski definition) is 0. The summed E-state index contributed by atoms with van der Waals surface area (Å²) in [6.45, 7) is 0. The number of aromatic nitrogens is 3. The molecule has 17 heavy (non-hydrogen) atoms. The molecule has 0 spiro atoms. The van der Waals surface area contributed by atoms with Crippen LogP contribution in [-0.4, -0.2) is 15.0 Å². The van der Waals surface area contributed by atoms with E-state index in [0.29, 0.717) is 0 Å². The molecule has 0 bridgehead atoms. The second-order valence-corrected chi connectivity index (χ2v) is 4.73. The van der Waals surface area contributed by atoms with Gasteiger partial charge in [0, 0.05) is 23.3 Å². The maximum atomic E-state index is 4.32. The lowest BCUT2D eigenvalue weighted by Gasteiger charge is -2.05. The molecule has 2 heterocycles. The Balaban J connectivity index is 2.30. The average molecular weight is 333 g/mol. The maximum absolute atomic E-state index is 4.32. The normalized spacial score (nSPS) is 10.6. The van der Waals surface area contributed by atoms with Gasteiger partial charge in [-0.15, -0.1) is 0 Å². The van der Waals surface area contributed by atoms with Crippen molar-refractivity contribution in [1.29, 1.82) is 0 Å². The molecule has 3 nitrogen and oxygen atoms in total. The second kappa shape index (κ2) is 4.37. The minimum absolute atomic E-state index is 0.943. The molecular formula is C13H8IN3. The van der Waals surface area contributed by atoms with Crippen molar-refractivity contribution >= 4 is 33.4 Å². The SMILES string of the molecule is Ic1cc(-c2cccc3cnccc23)ncn1. The van der Waals surface area contributed by atoms with Crippen LogP contribution >= 0.6 is 22.6 Å². The number of fused-ring (bicyclic) bond motifs is 1. The van der Waals surface area contributed by atoms with E-state index in [1.807, 2.05) is 24.4 Å². The highest BCUT2D eigenvalue weighted by atomic mass is 127. The second-order valence-electron chi connectivity index (χ2n) is 3.63. The molecule has 1 aromatic carbocycles. The Bertz CT molecular complexity index is 677. The van der Waals surface area contributed by atoms with Crippen LogP contribution in [0.2, 0.25) is 0 Å². The van der Waals surface area contributed by atoms with Crippen LogP contribution in [0.4, 0.5) is 0 Å². The van der Waals surface area contributed by atoms with Gasteiger partial charge >= 0.3 is 0 Å². The molecule has 0 fully saturated rings. The molecule has 0 aliphatic carbocycles. The third kappa shape index (κ3) is 2.00. The Morgan fingerprint density at radius 2 is 2.00 bits per heavy atom. The molecule has 0 N–H and O–H groups in total. The first kappa shape index (κ1) is 10.6. The molecule has 82 valence electrons. The third-order valence-corrected chi connectivity index (χ3v) is 3.18. The first-order chi connectivity index (χ1) is 8.34. The van der Waals surface area contributed by atoms with Crippen molar-refractivity contribution in [2.24, 2.45) is 0 Å². The smallest absolute Gasteiger partial charge is 0.117 e. The molecule has 0 aliphatic rings. The molecule has 0 radical (unpaired) electrons. The van der Waals surface area contributed by atoms with E-state index < -0.39 is 0 Å². The van der Waals surface area contributed by atoms with Gasteiger partial charge in [-0.25, -0.2) is 9.97 Å². The van der Waals surface area contributed by atoms with Gasteiger partial charge in [0.05, 0.1) is 5.69 Å². The van der Waals surface area contributed by atoms with Crippen molar-refractivity contribution in [2.45, 2.75) is 0 Å². The van der Waals surface area contributed by atoms with E-state index in [1.165, 1.54) is 0 Å². The third-order valence-electron chi connectivity index (χ3n) is 2.59. The first-order valence-corrected chi connectivity index (χ1v) is 6.23. The van der Waals surface area contributed by atoms with Crippen LogP contribution in [0, 0.1) is 3.70 Å². The lowest BCUT2D eigenvalue weighted by Crippen LogP contribution is -1.89. The fourth-order valence-electron chi connectivity index (χ4n) is 1.83. The minimum atomic E-state index is 0.943. The van der Waals surface area contributed by atoms with Crippen LogP contribution in [0.3, 0.4) is 0 Å². The highest BCUT2D eigenvalue weighted by Gasteiger charge is 2.05. The summed E-state index contributed by atoms with van der Waals surface area (Å²) in [6.07, 6.45) is 5.26. The van der Waals surface area contributed by atoms with Crippen molar-refractivity contribution in [3.63, 3.8) is 0 Å². The lowest BCUT2D eigenvalue weighted by atomic mass is 10.0. The molecule has 0 amide bonds. The molecule has 0 saturated carbocycles. The zero-order chi connectivity index (χ0) is 11.7. The number of halogens is 1. The zero-order valence-electron chi connectivity index (χ0n) is 8.84. The molecule has 4 heteroatoms. The standard InChI is InChI=1S/C13H8IN3/c14-13-6-12(16-8-17-13)11-3-1-2-9-7-15-5-4-10(9)11/h1-8H. The summed E-state index contributed by atoms with van der Waals surface area (Å²) in [6, 6.07) is 10.1. The molecule has 0 atom stereocenters. The quantitative estimate of drug-likeness (QED) is 0.507. The van der Waals surface area contributed by atoms with Crippen molar-refractivity contribution in [3.05, 3.63) is 52.8 Å². The monoisotopic (exact) mass is 333 g/mol. The summed E-state index contributed by atoms with van der Waals surface area (Å²) < 4.78 is 0.943. The minimum Gasteiger partial charge on any atom is -0.264 e. The van der Waals surface area contributed by atoms with Gasteiger partial charge in [-0.2, -0.15) is 0 Å². The number of rotatable bonds is 1. The zero-order valence-corrected chi connectivity index (χ0v) is 11.0. The van der Waals surface area contributed by atoms with Crippen LogP contribution in [0.1, 0.15) is 0 Å². The van der Waals surface area contributed by atoms with Crippen LogP contribution in [0.15, 0.2) is 49.1 Å². The van der Waals surface area contributed by atoms with Crippen LogP contribution in [0.5, 0.6) is 0 Å². The number of hydrogen-bond acceptors (Lipinski definition) is 3. The summed E-state index contributed by atoms with van der Waals surface area (Å²) in [5.41, 5.74) is 2.06. The van der Waals surface area contributed by atoms with Gasteiger partial charge < -0.3 is 0 Å². The average Bonchev–Trinajstić information content (AvgIpc) is 2.38. The van der Waals surface area contributed by atoms with Crippen LogP contribution < -0.4 is 0 Å². The van der Waals surface area contributed by atoms with Gasteiger partial charge in [0.25, 0.3) is 0 Å². The molecule has 2 aromatic heterocycles. The van der Waals surface area contributed by atoms with Crippen molar-refractivity contribution in [2.75, 3.05) is 0 Å². The van der Waals surface area contributed by atoms with E-state index in [4.69, 9.17) is 0 Å². The molecule has 0 saturated heterocycles. The number of pyridine rings is 1.